The predicted octanol–water partition coefficient (Wildman–Crippen LogP) is 4.72. The average molecular weight is 453 g/mol. The number of halogens is 3. The van der Waals surface area contributed by atoms with Crippen LogP contribution < -0.4 is 5.32 Å². The number of fused-ring (bicyclic) bond motifs is 1. The maximum atomic E-state index is 13.0. The van der Waals surface area contributed by atoms with Gasteiger partial charge in [-0.1, -0.05) is 25.5 Å². The monoisotopic (exact) mass is 453 g/mol. The number of carboxylic acids is 1. The summed E-state index contributed by atoms with van der Waals surface area (Å²) in [5, 5.41) is 11.3. The fourth-order valence-corrected chi connectivity index (χ4v) is 4.82. The fraction of sp³-hybridized carbons (Fsp3) is 0.522. The predicted molar refractivity (Wildman–Crippen MR) is 110 cm³/mol. The molecule has 1 saturated carbocycles. The largest absolute Gasteiger partial charge is 0.481 e. The van der Waals surface area contributed by atoms with E-state index in [1.807, 2.05) is 18.3 Å². The minimum absolute atomic E-state index is 0.0347. The van der Waals surface area contributed by atoms with Crippen molar-refractivity contribution in [3.05, 3.63) is 39.5 Å². The first-order chi connectivity index (χ1) is 15.0. The second-order valence-electron chi connectivity index (χ2n) is 8.30. The standard InChI is InChI=1S/C23H26F3NO5/c1-4-14-11(2)17-10-32-21(30)18(17)19(27-22(31)23(24,25)26)16(14)9-8-13-6-5-7-15(13)12(3)20(28)29/h8,12,15H,4-7,9-10H2,1-3H3,(H,27,31)(H,28,29). The first kappa shape index (κ1) is 23.8. The first-order valence-corrected chi connectivity index (χ1v) is 10.6. The molecule has 1 aromatic rings. The molecule has 1 amide bonds. The molecule has 1 aromatic carbocycles. The lowest BCUT2D eigenvalue weighted by molar-refractivity contribution is -0.167. The zero-order valence-corrected chi connectivity index (χ0v) is 18.2. The lowest BCUT2D eigenvalue weighted by Crippen LogP contribution is -2.31. The Hall–Kier alpha value is -2.84. The normalized spacial score (nSPS) is 20.2. The molecule has 9 heteroatoms. The van der Waals surface area contributed by atoms with E-state index in [1.165, 1.54) is 0 Å². The molecular formula is C23H26F3NO5. The minimum atomic E-state index is -5.12. The molecule has 0 radical (unpaired) electrons. The number of esters is 1. The van der Waals surface area contributed by atoms with Crippen LogP contribution >= 0.6 is 0 Å². The van der Waals surface area contributed by atoms with Crippen molar-refractivity contribution in [2.45, 2.75) is 65.7 Å². The van der Waals surface area contributed by atoms with Crippen LogP contribution in [0.4, 0.5) is 18.9 Å². The van der Waals surface area contributed by atoms with E-state index >= 15 is 0 Å². The van der Waals surface area contributed by atoms with E-state index in [0.29, 0.717) is 24.0 Å². The Kier molecular flexibility index (Phi) is 6.67. The number of amides is 1. The van der Waals surface area contributed by atoms with Crippen LogP contribution in [-0.2, 0) is 33.8 Å². The van der Waals surface area contributed by atoms with Crippen molar-refractivity contribution in [1.29, 1.82) is 0 Å². The van der Waals surface area contributed by atoms with Crippen LogP contribution in [0.3, 0.4) is 0 Å². The molecule has 3 rings (SSSR count). The summed E-state index contributed by atoms with van der Waals surface area (Å²) in [7, 11) is 0. The Morgan fingerprint density at radius 3 is 2.59 bits per heavy atom. The number of nitrogens with one attached hydrogen (secondary N) is 1. The van der Waals surface area contributed by atoms with Gasteiger partial charge in [0.1, 0.15) is 6.61 Å². The number of carbonyl (C=O) groups is 3. The van der Waals surface area contributed by atoms with Gasteiger partial charge >= 0.3 is 24.0 Å². The number of carbonyl (C=O) groups excluding carboxylic acids is 2. The van der Waals surface area contributed by atoms with Crippen LogP contribution in [0.15, 0.2) is 11.6 Å². The third-order valence-electron chi connectivity index (χ3n) is 6.54. The molecule has 2 unspecified atom stereocenters. The molecule has 1 fully saturated rings. The van der Waals surface area contributed by atoms with Gasteiger partial charge in [-0.2, -0.15) is 13.2 Å². The van der Waals surface area contributed by atoms with Crippen LogP contribution in [0.2, 0.25) is 0 Å². The Morgan fingerprint density at radius 1 is 1.31 bits per heavy atom. The van der Waals surface area contributed by atoms with Crippen LogP contribution in [0.1, 0.15) is 65.7 Å². The van der Waals surface area contributed by atoms with Crippen molar-refractivity contribution < 1.29 is 37.4 Å². The Labute approximate surface area is 183 Å². The third-order valence-corrected chi connectivity index (χ3v) is 6.54. The number of ether oxygens (including phenoxy) is 1. The highest BCUT2D eigenvalue weighted by Gasteiger charge is 2.41. The highest BCUT2D eigenvalue weighted by Crippen LogP contribution is 2.40. The molecule has 2 atom stereocenters. The van der Waals surface area contributed by atoms with E-state index in [-0.39, 0.29) is 30.2 Å². The number of rotatable bonds is 6. The highest BCUT2D eigenvalue weighted by atomic mass is 19.4. The molecule has 0 bridgehead atoms. The molecule has 0 spiro atoms. The van der Waals surface area contributed by atoms with Gasteiger partial charge in [-0.3, -0.25) is 9.59 Å². The third kappa shape index (κ3) is 4.38. The van der Waals surface area contributed by atoms with E-state index in [2.05, 4.69) is 0 Å². The van der Waals surface area contributed by atoms with Crippen LogP contribution in [-0.4, -0.2) is 29.1 Å². The van der Waals surface area contributed by atoms with Gasteiger partial charge in [0.05, 0.1) is 17.2 Å². The number of anilines is 1. The lowest BCUT2D eigenvalue weighted by atomic mass is 9.85. The SMILES string of the molecule is CCc1c(C)c2c(c(NC(=O)C(F)(F)F)c1CC=C1CCCC1C(C)C(=O)O)C(=O)OC2. The maximum Gasteiger partial charge on any atom is 0.471 e. The molecule has 2 aliphatic rings. The molecular weight excluding hydrogens is 427 g/mol. The number of aliphatic carboxylic acids is 1. The number of hydrogen-bond donors (Lipinski definition) is 2. The summed E-state index contributed by atoms with van der Waals surface area (Å²) in [4.78, 5) is 35.6. The van der Waals surface area contributed by atoms with E-state index in [9.17, 15) is 32.7 Å². The van der Waals surface area contributed by atoms with E-state index in [1.54, 1.807) is 13.8 Å². The van der Waals surface area contributed by atoms with Crippen molar-refractivity contribution in [3.8, 4) is 0 Å². The quantitative estimate of drug-likeness (QED) is 0.480. The van der Waals surface area contributed by atoms with Crippen molar-refractivity contribution in [1.82, 2.24) is 0 Å². The van der Waals surface area contributed by atoms with Crippen molar-refractivity contribution in [3.63, 3.8) is 0 Å². The molecule has 32 heavy (non-hydrogen) atoms. The number of alkyl halides is 3. The van der Waals surface area contributed by atoms with E-state index < -0.39 is 29.9 Å². The van der Waals surface area contributed by atoms with Gasteiger partial charge in [0, 0.05) is 5.56 Å². The molecule has 0 aromatic heterocycles. The average Bonchev–Trinajstić information content (AvgIpc) is 3.34. The first-order valence-electron chi connectivity index (χ1n) is 10.6. The fourth-order valence-electron chi connectivity index (χ4n) is 4.82. The minimum Gasteiger partial charge on any atom is -0.481 e. The van der Waals surface area contributed by atoms with Crippen LogP contribution in [0, 0.1) is 18.8 Å². The molecule has 6 nitrogen and oxygen atoms in total. The van der Waals surface area contributed by atoms with Crippen molar-refractivity contribution >= 4 is 23.5 Å². The summed E-state index contributed by atoms with van der Waals surface area (Å²) in [6, 6.07) is 0. The Balaban J connectivity index is 2.11. The molecule has 2 N–H and O–H groups in total. The Bertz CT molecular complexity index is 997. The molecule has 174 valence electrons. The zero-order chi connectivity index (χ0) is 23.8. The summed E-state index contributed by atoms with van der Waals surface area (Å²) >= 11 is 0. The van der Waals surface area contributed by atoms with Gasteiger partial charge in [0.15, 0.2) is 0 Å². The number of carboxylic acid groups (broad SMARTS) is 1. The number of hydrogen-bond acceptors (Lipinski definition) is 4. The second kappa shape index (κ2) is 8.96. The van der Waals surface area contributed by atoms with Gasteiger partial charge in [0.2, 0.25) is 0 Å². The van der Waals surface area contributed by atoms with Gasteiger partial charge in [-0.25, -0.2) is 4.79 Å². The Morgan fingerprint density at radius 2 is 2.00 bits per heavy atom. The van der Waals surface area contributed by atoms with Crippen molar-refractivity contribution in [2.24, 2.45) is 11.8 Å². The van der Waals surface area contributed by atoms with Gasteiger partial charge in [-0.15, -0.1) is 0 Å². The zero-order valence-electron chi connectivity index (χ0n) is 18.2. The van der Waals surface area contributed by atoms with Crippen LogP contribution in [0.25, 0.3) is 0 Å². The maximum absolute atomic E-state index is 13.0. The molecule has 0 saturated heterocycles. The summed E-state index contributed by atoms with van der Waals surface area (Å²) < 4.78 is 44.2. The molecule has 1 heterocycles. The van der Waals surface area contributed by atoms with Crippen molar-refractivity contribution in [2.75, 3.05) is 5.32 Å². The summed E-state index contributed by atoms with van der Waals surface area (Å²) in [6.45, 7) is 5.23. The summed E-state index contributed by atoms with van der Waals surface area (Å²) in [5.74, 6) is -4.54. The number of cyclic esters (lactones) is 1. The second-order valence-corrected chi connectivity index (χ2v) is 8.30. The van der Waals surface area contributed by atoms with Crippen LogP contribution in [0.5, 0.6) is 0 Å². The smallest absolute Gasteiger partial charge is 0.471 e. The molecule has 1 aliphatic carbocycles. The van der Waals surface area contributed by atoms with E-state index in [0.717, 1.165) is 29.5 Å². The lowest BCUT2D eigenvalue weighted by Gasteiger charge is -2.21. The van der Waals surface area contributed by atoms with Gasteiger partial charge in [0.25, 0.3) is 0 Å². The summed E-state index contributed by atoms with van der Waals surface area (Å²) in [6.07, 6.45) is -0.336. The highest BCUT2D eigenvalue weighted by molar-refractivity contribution is 6.06. The molecule has 1 aliphatic heterocycles. The topological polar surface area (TPSA) is 92.7 Å². The van der Waals surface area contributed by atoms with Gasteiger partial charge in [-0.05, 0) is 61.6 Å². The van der Waals surface area contributed by atoms with Gasteiger partial charge < -0.3 is 15.2 Å². The number of benzene rings is 1. The summed E-state index contributed by atoms with van der Waals surface area (Å²) in [5.41, 5.74) is 3.17. The van der Waals surface area contributed by atoms with E-state index in [4.69, 9.17) is 4.74 Å². The number of allylic oxidation sites excluding steroid dienone is 2.